The van der Waals surface area contributed by atoms with Gasteiger partial charge in [-0.15, -0.1) is 0 Å². The van der Waals surface area contributed by atoms with Crippen LogP contribution in [0.15, 0.2) is 48.5 Å². The second-order valence-electron chi connectivity index (χ2n) is 7.22. The molecular formula is C22H26N2O2. The zero-order valence-corrected chi connectivity index (χ0v) is 15.7. The van der Waals surface area contributed by atoms with E-state index in [0.29, 0.717) is 25.9 Å². The van der Waals surface area contributed by atoms with Crippen molar-refractivity contribution in [3.63, 3.8) is 0 Å². The van der Waals surface area contributed by atoms with Crippen molar-refractivity contribution in [3.05, 3.63) is 65.2 Å². The predicted octanol–water partition coefficient (Wildman–Crippen LogP) is 4.07. The SMILES string of the molecule is CCN(Cc1ccccc1)C(=O)C1(C(=O)Nc2cc(C)cc(C)c2)CC1. The minimum Gasteiger partial charge on any atom is -0.338 e. The van der Waals surface area contributed by atoms with Crippen LogP contribution in [0.2, 0.25) is 0 Å². The van der Waals surface area contributed by atoms with Crippen LogP contribution in [0.3, 0.4) is 0 Å². The summed E-state index contributed by atoms with van der Waals surface area (Å²) in [5.41, 5.74) is 3.12. The highest BCUT2D eigenvalue weighted by atomic mass is 16.2. The Hall–Kier alpha value is -2.62. The van der Waals surface area contributed by atoms with Gasteiger partial charge in [0.25, 0.3) is 0 Å². The first kappa shape index (κ1) is 18.2. The molecule has 1 N–H and O–H groups in total. The van der Waals surface area contributed by atoms with Gasteiger partial charge in [0.05, 0.1) is 0 Å². The molecule has 4 nitrogen and oxygen atoms in total. The third kappa shape index (κ3) is 3.79. The van der Waals surface area contributed by atoms with Crippen molar-refractivity contribution < 1.29 is 9.59 Å². The number of nitrogens with zero attached hydrogens (tertiary/aromatic N) is 1. The van der Waals surface area contributed by atoms with Gasteiger partial charge in [0.1, 0.15) is 5.41 Å². The monoisotopic (exact) mass is 350 g/mol. The lowest BCUT2D eigenvalue weighted by molar-refractivity contribution is -0.142. The molecular weight excluding hydrogens is 324 g/mol. The molecule has 4 heteroatoms. The zero-order valence-electron chi connectivity index (χ0n) is 15.7. The Balaban J connectivity index is 1.73. The van der Waals surface area contributed by atoms with Crippen molar-refractivity contribution in [3.8, 4) is 0 Å². The summed E-state index contributed by atoms with van der Waals surface area (Å²) in [5.74, 6) is -0.246. The van der Waals surface area contributed by atoms with Gasteiger partial charge in [-0.2, -0.15) is 0 Å². The number of carbonyl (C=O) groups excluding carboxylic acids is 2. The first-order valence-electron chi connectivity index (χ1n) is 9.17. The molecule has 1 aliphatic carbocycles. The summed E-state index contributed by atoms with van der Waals surface area (Å²) in [6.45, 7) is 7.08. The lowest BCUT2D eigenvalue weighted by Gasteiger charge is -2.26. The quantitative estimate of drug-likeness (QED) is 0.799. The van der Waals surface area contributed by atoms with E-state index in [1.807, 2.05) is 63.2 Å². The number of benzene rings is 2. The Kier molecular flexibility index (Phi) is 5.12. The number of nitrogens with one attached hydrogen (secondary N) is 1. The van der Waals surface area contributed by atoms with E-state index in [4.69, 9.17) is 0 Å². The molecule has 2 aromatic rings. The molecule has 0 atom stereocenters. The van der Waals surface area contributed by atoms with Gasteiger partial charge in [-0.05, 0) is 62.4 Å². The maximum absolute atomic E-state index is 13.1. The van der Waals surface area contributed by atoms with Crippen molar-refractivity contribution in [1.82, 2.24) is 4.90 Å². The lowest BCUT2D eigenvalue weighted by Crippen LogP contribution is -2.42. The van der Waals surface area contributed by atoms with Crippen LogP contribution in [-0.2, 0) is 16.1 Å². The van der Waals surface area contributed by atoms with E-state index in [9.17, 15) is 9.59 Å². The number of aryl methyl sites for hydroxylation is 2. The smallest absolute Gasteiger partial charge is 0.240 e. The molecule has 2 aromatic carbocycles. The number of hydrogen-bond acceptors (Lipinski definition) is 2. The lowest BCUT2D eigenvalue weighted by atomic mass is 10.0. The second kappa shape index (κ2) is 7.32. The van der Waals surface area contributed by atoms with Crippen LogP contribution in [0.1, 0.15) is 36.5 Å². The summed E-state index contributed by atoms with van der Waals surface area (Å²) >= 11 is 0. The first-order valence-corrected chi connectivity index (χ1v) is 9.17. The van der Waals surface area contributed by atoms with Gasteiger partial charge in [0.15, 0.2) is 0 Å². The average molecular weight is 350 g/mol. The van der Waals surface area contributed by atoms with Crippen LogP contribution in [0.5, 0.6) is 0 Å². The van der Waals surface area contributed by atoms with E-state index in [1.54, 1.807) is 4.90 Å². The Labute approximate surface area is 155 Å². The number of rotatable bonds is 6. The van der Waals surface area contributed by atoms with E-state index in [2.05, 4.69) is 11.4 Å². The van der Waals surface area contributed by atoms with Crippen LogP contribution in [0.4, 0.5) is 5.69 Å². The molecule has 0 heterocycles. The Morgan fingerprint density at radius 3 is 2.19 bits per heavy atom. The summed E-state index contributed by atoms with van der Waals surface area (Å²) in [5, 5.41) is 2.96. The van der Waals surface area contributed by atoms with Crippen molar-refractivity contribution in [2.24, 2.45) is 5.41 Å². The molecule has 0 bridgehead atoms. The first-order chi connectivity index (χ1) is 12.4. The maximum Gasteiger partial charge on any atom is 0.240 e. The van der Waals surface area contributed by atoms with E-state index < -0.39 is 5.41 Å². The topological polar surface area (TPSA) is 49.4 Å². The maximum atomic E-state index is 13.1. The summed E-state index contributed by atoms with van der Waals surface area (Å²) in [6.07, 6.45) is 1.24. The molecule has 0 aliphatic heterocycles. The molecule has 0 aromatic heterocycles. The van der Waals surface area contributed by atoms with E-state index in [1.165, 1.54) is 0 Å². The normalized spacial score (nSPS) is 14.6. The summed E-state index contributed by atoms with van der Waals surface area (Å²) in [6, 6.07) is 15.8. The molecule has 26 heavy (non-hydrogen) atoms. The van der Waals surface area contributed by atoms with Gasteiger partial charge in [0.2, 0.25) is 11.8 Å². The summed E-state index contributed by atoms with van der Waals surface area (Å²) in [7, 11) is 0. The van der Waals surface area contributed by atoms with Gasteiger partial charge in [-0.25, -0.2) is 0 Å². The van der Waals surface area contributed by atoms with Crippen LogP contribution >= 0.6 is 0 Å². The van der Waals surface area contributed by atoms with Gasteiger partial charge in [0, 0.05) is 18.8 Å². The number of anilines is 1. The fourth-order valence-electron chi connectivity index (χ4n) is 3.39. The molecule has 0 unspecified atom stereocenters. The fourth-order valence-corrected chi connectivity index (χ4v) is 3.39. The third-order valence-corrected chi connectivity index (χ3v) is 4.96. The largest absolute Gasteiger partial charge is 0.338 e. The zero-order chi connectivity index (χ0) is 18.7. The van der Waals surface area contributed by atoms with Crippen molar-refractivity contribution in [2.75, 3.05) is 11.9 Å². The van der Waals surface area contributed by atoms with Gasteiger partial charge < -0.3 is 10.2 Å². The molecule has 1 saturated carbocycles. The van der Waals surface area contributed by atoms with Gasteiger partial charge in [-0.3, -0.25) is 9.59 Å². The van der Waals surface area contributed by atoms with E-state index in [0.717, 1.165) is 22.4 Å². The number of hydrogen-bond donors (Lipinski definition) is 1. The summed E-state index contributed by atoms with van der Waals surface area (Å²) < 4.78 is 0. The minimum atomic E-state index is -0.900. The van der Waals surface area contributed by atoms with Crippen molar-refractivity contribution in [2.45, 2.75) is 40.2 Å². The molecule has 136 valence electrons. The highest BCUT2D eigenvalue weighted by molar-refractivity contribution is 6.13. The molecule has 2 amide bonds. The van der Waals surface area contributed by atoms with Crippen LogP contribution in [-0.4, -0.2) is 23.3 Å². The Morgan fingerprint density at radius 1 is 1.04 bits per heavy atom. The third-order valence-electron chi connectivity index (χ3n) is 4.96. The number of amides is 2. The highest BCUT2D eigenvalue weighted by Gasteiger charge is 2.57. The molecule has 0 saturated heterocycles. The van der Waals surface area contributed by atoms with E-state index >= 15 is 0 Å². The van der Waals surface area contributed by atoms with E-state index in [-0.39, 0.29) is 11.8 Å². The molecule has 1 aliphatic rings. The van der Waals surface area contributed by atoms with Gasteiger partial charge in [-0.1, -0.05) is 36.4 Å². The standard InChI is InChI=1S/C22H26N2O2/c1-4-24(15-18-8-6-5-7-9-18)21(26)22(10-11-22)20(25)23-19-13-16(2)12-17(3)14-19/h5-9,12-14H,4,10-11,15H2,1-3H3,(H,23,25). The molecule has 0 spiro atoms. The van der Waals surface area contributed by atoms with Crippen LogP contribution < -0.4 is 5.32 Å². The van der Waals surface area contributed by atoms with Crippen LogP contribution in [0, 0.1) is 19.3 Å². The van der Waals surface area contributed by atoms with Gasteiger partial charge >= 0.3 is 0 Å². The molecule has 1 fully saturated rings. The Morgan fingerprint density at radius 2 is 1.65 bits per heavy atom. The fraction of sp³-hybridized carbons (Fsp3) is 0.364. The highest BCUT2D eigenvalue weighted by Crippen LogP contribution is 2.48. The second-order valence-corrected chi connectivity index (χ2v) is 7.22. The van der Waals surface area contributed by atoms with Crippen molar-refractivity contribution >= 4 is 17.5 Å². The minimum absolute atomic E-state index is 0.0641. The molecule has 0 radical (unpaired) electrons. The predicted molar refractivity (Wildman–Crippen MR) is 104 cm³/mol. The number of carbonyl (C=O) groups is 2. The molecule has 3 rings (SSSR count). The Bertz CT molecular complexity index is 790. The average Bonchev–Trinajstić information content (AvgIpc) is 3.41. The summed E-state index contributed by atoms with van der Waals surface area (Å²) in [4.78, 5) is 27.7. The van der Waals surface area contributed by atoms with Crippen molar-refractivity contribution in [1.29, 1.82) is 0 Å². The van der Waals surface area contributed by atoms with Crippen LogP contribution in [0.25, 0.3) is 0 Å².